The SMILES string of the molecule is C[C@@H]([C@H]1O[C@H](CO)[C@@H]2OC(C)(C)O[C@@H]2[C@H]1N=[N+]=[N-])[C@H](NC(=O)OCC1c2ccccc2-c2ccccc21)C(=O)OCc1ccccc1. The Morgan fingerprint density at radius 2 is 1.57 bits per heavy atom. The molecule has 2 aliphatic heterocycles. The van der Waals surface area contributed by atoms with Gasteiger partial charge >= 0.3 is 12.1 Å². The van der Waals surface area contributed by atoms with Crippen molar-refractivity contribution in [2.45, 2.75) is 75.6 Å². The average molecular weight is 643 g/mol. The third kappa shape index (κ3) is 6.69. The van der Waals surface area contributed by atoms with Gasteiger partial charge in [-0.1, -0.05) is 90.9 Å². The molecule has 3 aromatic carbocycles. The van der Waals surface area contributed by atoms with E-state index in [9.17, 15) is 20.2 Å². The molecule has 12 nitrogen and oxygen atoms in total. The molecule has 0 saturated carbocycles. The third-order valence-corrected chi connectivity index (χ3v) is 9.04. The quantitative estimate of drug-likeness (QED) is 0.132. The van der Waals surface area contributed by atoms with Gasteiger partial charge in [-0.05, 0) is 47.2 Å². The first kappa shape index (κ1) is 32.5. The lowest BCUT2D eigenvalue weighted by Crippen LogP contribution is -2.61. The summed E-state index contributed by atoms with van der Waals surface area (Å²) >= 11 is 0. The van der Waals surface area contributed by atoms with E-state index in [1.165, 1.54) is 0 Å². The minimum atomic E-state index is -1.28. The van der Waals surface area contributed by atoms with E-state index >= 15 is 0 Å². The minimum Gasteiger partial charge on any atom is -0.459 e. The second kappa shape index (κ2) is 13.7. The van der Waals surface area contributed by atoms with Crippen LogP contribution in [0.4, 0.5) is 4.79 Å². The van der Waals surface area contributed by atoms with E-state index in [2.05, 4.69) is 15.3 Å². The third-order valence-electron chi connectivity index (χ3n) is 9.04. The summed E-state index contributed by atoms with van der Waals surface area (Å²) in [5, 5.41) is 16.9. The summed E-state index contributed by atoms with van der Waals surface area (Å²) in [6.45, 7) is 4.71. The molecule has 3 aromatic rings. The molecular formula is C35H38N4O8. The first-order valence-corrected chi connectivity index (χ1v) is 15.7. The van der Waals surface area contributed by atoms with Gasteiger partial charge in [-0.3, -0.25) is 0 Å². The number of azide groups is 1. The molecule has 1 aliphatic carbocycles. The smallest absolute Gasteiger partial charge is 0.407 e. The van der Waals surface area contributed by atoms with Gasteiger partial charge in [-0.25, -0.2) is 9.59 Å². The van der Waals surface area contributed by atoms with Crippen LogP contribution < -0.4 is 5.32 Å². The Kier molecular flexibility index (Phi) is 9.49. The van der Waals surface area contributed by atoms with Gasteiger partial charge in [-0.15, -0.1) is 0 Å². The molecule has 7 atom stereocenters. The van der Waals surface area contributed by atoms with Crippen LogP contribution >= 0.6 is 0 Å². The van der Waals surface area contributed by atoms with E-state index in [0.29, 0.717) is 0 Å². The summed E-state index contributed by atoms with van der Waals surface area (Å²) in [7, 11) is 0. The number of rotatable bonds is 10. The van der Waals surface area contributed by atoms with Crippen LogP contribution in [0.3, 0.4) is 0 Å². The number of benzene rings is 3. The van der Waals surface area contributed by atoms with Crippen molar-refractivity contribution in [3.63, 3.8) is 0 Å². The summed E-state index contributed by atoms with van der Waals surface area (Å²) in [6, 6.07) is 22.9. The van der Waals surface area contributed by atoms with Crippen molar-refractivity contribution in [2.75, 3.05) is 13.2 Å². The molecule has 2 fully saturated rings. The Labute approximate surface area is 272 Å². The number of carbonyl (C=O) groups excluding carboxylic acids is 2. The van der Waals surface area contributed by atoms with E-state index in [1.54, 1.807) is 20.8 Å². The molecule has 6 rings (SSSR count). The molecule has 2 heterocycles. The van der Waals surface area contributed by atoms with E-state index in [1.807, 2.05) is 78.9 Å². The van der Waals surface area contributed by atoms with Crippen LogP contribution in [0, 0.1) is 5.92 Å². The fraction of sp³-hybridized carbons (Fsp3) is 0.429. The molecule has 0 aromatic heterocycles. The highest BCUT2D eigenvalue weighted by atomic mass is 16.8. The molecule has 12 heteroatoms. The Hall–Kier alpha value is -4.45. The molecule has 0 unspecified atom stereocenters. The fourth-order valence-corrected chi connectivity index (χ4v) is 6.87. The number of hydrogen-bond donors (Lipinski definition) is 2. The van der Waals surface area contributed by atoms with Crippen molar-refractivity contribution < 1.29 is 38.4 Å². The standard InChI is InChI=1S/C35H38N4O8/c1-20(30-29(38-39-36)32-31(27(17-40)45-30)46-35(2,3)47-32)28(33(41)43-18-21-11-5-4-6-12-21)37-34(42)44-19-26-24-15-9-7-13-22(24)23-14-8-10-16-25(23)26/h4-16,20,26-32,40H,17-19H2,1-3H3,(H,37,42)/t20-,27-,28+,29+,30-,31+,32-/m1/s1. The van der Waals surface area contributed by atoms with Crippen LogP contribution in [0.1, 0.15) is 43.4 Å². The van der Waals surface area contributed by atoms with Crippen molar-refractivity contribution in [3.05, 3.63) is 106 Å². The predicted molar refractivity (Wildman–Crippen MR) is 170 cm³/mol. The minimum absolute atomic E-state index is 0.0321. The van der Waals surface area contributed by atoms with Gasteiger partial charge in [0, 0.05) is 16.7 Å². The fourth-order valence-electron chi connectivity index (χ4n) is 6.87. The van der Waals surface area contributed by atoms with Crippen LogP contribution in [-0.2, 0) is 35.1 Å². The van der Waals surface area contributed by atoms with Crippen molar-refractivity contribution in [1.82, 2.24) is 5.32 Å². The molecule has 1 amide bonds. The molecule has 0 bridgehead atoms. The van der Waals surface area contributed by atoms with Gasteiger partial charge in [0.05, 0.1) is 18.8 Å². The number of alkyl carbamates (subject to hydrolysis) is 1. The zero-order valence-electron chi connectivity index (χ0n) is 26.4. The summed E-state index contributed by atoms with van der Waals surface area (Å²) in [4.78, 5) is 30.2. The number of esters is 1. The van der Waals surface area contributed by atoms with E-state index in [0.717, 1.165) is 27.8 Å². The van der Waals surface area contributed by atoms with Crippen LogP contribution in [-0.4, -0.2) is 72.7 Å². The second-order valence-corrected chi connectivity index (χ2v) is 12.5. The van der Waals surface area contributed by atoms with Gasteiger partial charge in [0.2, 0.25) is 0 Å². The van der Waals surface area contributed by atoms with Crippen molar-refractivity contribution in [2.24, 2.45) is 11.0 Å². The number of carbonyl (C=O) groups is 2. The Morgan fingerprint density at radius 3 is 2.21 bits per heavy atom. The highest BCUT2D eigenvalue weighted by Crippen LogP contribution is 2.45. The molecule has 0 spiro atoms. The molecule has 47 heavy (non-hydrogen) atoms. The van der Waals surface area contributed by atoms with Crippen molar-refractivity contribution in [1.29, 1.82) is 0 Å². The Morgan fingerprint density at radius 1 is 0.957 bits per heavy atom. The number of ether oxygens (including phenoxy) is 5. The lowest BCUT2D eigenvalue weighted by Gasteiger charge is -2.43. The van der Waals surface area contributed by atoms with Crippen LogP contribution in [0.25, 0.3) is 21.6 Å². The maximum atomic E-state index is 13.7. The van der Waals surface area contributed by atoms with E-state index in [4.69, 9.17) is 23.7 Å². The number of hydrogen-bond acceptors (Lipinski definition) is 9. The molecule has 0 radical (unpaired) electrons. The lowest BCUT2D eigenvalue weighted by atomic mass is 9.83. The molecular weight excluding hydrogens is 604 g/mol. The lowest BCUT2D eigenvalue weighted by molar-refractivity contribution is -0.180. The number of aliphatic hydroxyl groups is 1. The van der Waals surface area contributed by atoms with Crippen molar-refractivity contribution >= 4 is 12.1 Å². The van der Waals surface area contributed by atoms with Crippen LogP contribution in [0.2, 0.25) is 0 Å². The van der Waals surface area contributed by atoms with Crippen molar-refractivity contribution in [3.8, 4) is 11.1 Å². The number of nitrogens with one attached hydrogen (secondary N) is 1. The monoisotopic (exact) mass is 642 g/mol. The first-order chi connectivity index (χ1) is 22.7. The second-order valence-electron chi connectivity index (χ2n) is 12.5. The van der Waals surface area contributed by atoms with Gasteiger partial charge < -0.3 is 34.1 Å². The summed E-state index contributed by atoms with van der Waals surface area (Å²) in [5.74, 6) is -2.77. The summed E-state index contributed by atoms with van der Waals surface area (Å²) in [5.41, 5.74) is 14.5. The predicted octanol–water partition coefficient (Wildman–Crippen LogP) is 5.23. The normalized spacial score (nSPS) is 25.3. The molecule has 246 valence electrons. The Balaban J connectivity index is 1.23. The van der Waals surface area contributed by atoms with Crippen LogP contribution in [0.5, 0.6) is 0 Å². The number of aliphatic hydroxyl groups excluding tert-OH is 1. The summed E-state index contributed by atoms with van der Waals surface area (Å²) < 4.78 is 29.8. The zero-order valence-corrected chi connectivity index (χ0v) is 26.4. The average Bonchev–Trinajstić information content (AvgIpc) is 3.59. The molecule has 2 saturated heterocycles. The van der Waals surface area contributed by atoms with E-state index in [-0.39, 0.29) is 19.1 Å². The Bertz CT molecular complexity index is 1600. The first-order valence-electron chi connectivity index (χ1n) is 15.7. The highest BCUT2D eigenvalue weighted by molar-refractivity contribution is 5.82. The maximum absolute atomic E-state index is 13.7. The van der Waals surface area contributed by atoms with E-state index < -0.39 is 66.9 Å². The van der Waals surface area contributed by atoms with Crippen LogP contribution in [0.15, 0.2) is 84.0 Å². The van der Waals surface area contributed by atoms with Gasteiger partial charge in [0.25, 0.3) is 0 Å². The number of nitrogens with zero attached hydrogens (tertiary/aromatic N) is 3. The number of amides is 1. The zero-order chi connectivity index (χ0) is 33.1. The largest absolute Gasteiger partial charge is 0.459 e. The van der Waals surface area contributed by atoms with Gasteiger partial charge in [0.15, 0.2) is 5.79 Å². The highest BCUT2D eigenvalue weighted by Gasteiger charge is 2.56. The topological polar surface area (TPSA) is 161 Å². The molecule has 2 N–H and O–H groups in total. The number of fused-ring (bicyclic) bond motifs is 4. The van der Waals surface area contributed by atoms with Gasteiger partial charge in [0.1, 0.15) is 37.6 Å². The van der Waals surface area contributed by atoms with Gasteiger partial charge in [-0.2, -0.15) is 0 Å². The summed E-state index contributed by atoms with van der Waals surface area (Å²) in [6.07, 6.45) is -4.11. The maximum Gasteiger partial charge on any atom is 0.407 e. The molecule has 3 aliphatic rings.